The number of esters is 1. The highest BCUT2D eigenvalue weighted by molar-refractivity contribution is 6.30. The lowest BCUT2D eigenvalue weighted by Crippen LogP contribution is -2.04. The average Bonchev–Trinajstić information content (AvgIpc) is 2.54. The Labute approximate surface area is 142 Å². The number of rotatable bonds is 3. The number of carbonyl (C=O) groups excluding carboxylic acids is 1. The van der Waals surface area contributed by atoms with Crippen molar-refractivity contribution in [3.05, 3.63) is 81.2 Å². The first-order chi connectivity index (χ1) is 11.5. The number of fused-ring (bicyclic) bond motifs is 1. The van der Waals surface area contributed by atoms with Crippen molar-refractivity contribution in [1.29, 1.82) is 0 Å². The van der Waals surface area contributed by atoms with Crippen LogP contribution < -0.4 is 10.4 Å². The van der Waals surface area contributed by atoms with Crippen LogP contribution >= 0.6 is 11.6 Å². The highest BCUT2D eigenvalue weighted by atomic mass is 35.5. The van der Waals surface area contributed by atoms with Crippen molar-refractivity contribution in [2.75, 3.05) is 0 Å². The summed E-state index contributed by atoms with van der Waals surface area (Å²) < 4.78 is 10.4. The summed E-state index contributed by atoms with van der Waals surface area (Å²) >= 11 is 5.80. The molecule has 0 aliphatic carbocycles. The first kappa shape index (κ1) is 16.0. The van der Waals surface area contributed by atoms with Gasteiger partial charge in [0.05, 0.1) is 0 Å². The van der Waals surface area contributed by atoms with Gasteiger partial charge in [-0.2, -0.15) is 0 Å². The first-order valence-electron chi connectivity index (χ1n) is 7.21. The minimum absolute atomic E-state index is 0.307. The molecule has 4 nitrogen and oxygen atoms in total. The van der Waals surface area contributed by atoms with Crippen LogP contribution in [0.25, 0.3) is 17.0 Å². The number of ether oxygens (including phenoxy) is 1. The normalized spacial score (nSPS) is 11.1. The maximum absolute atomic E-state index is 11.9. The maximum atomic E-state index is 11.9. The van der Waals surface area contributed by atoms with Crippen molar-refractivity contribution in [2.45, 2.75) is 6.92 Å². The molecule has 0 saturated carbocycles. The van der Waals surface area contributed by atoms with Crippen molar-refractivity contribution in [3.8, 4) is 5.75 Å². The average molecular weight is 341 g/mol. The molecule has 1 aromatic heterocycles. The Kier molecular flexibility index (Phi) is 4.49. The van der Waals surface area contributed by atoms with Crippen LogP contribution in [0.2, 0.25) is 5.02 Å². The number of benzene rings is 2. The van der Waals surface area contributed by atoms with E-state index in [9.17, 15) is 9.59 Å². The van der Waals surface area contributed by atoms with Gasteiger partial charge in [-0.1, -0.05) is 23.7 Å². The molecule has 0 fully saturated rings. The van der Waals surface area contributed by atoms with E-state index in [1.54, 1.807) is 42.5 Å². The molecule has 0 bridgehead atoms. The van der Waals surface area contributed by atoms with E-state index in [4.69, 9.17) is 20.8 Å². The number of hydrogen-bond donors (Lipinski definition) is 0. The molecule has 0 amide bonds. The molecule has 120 valence electrons. The summed E-state index contributed by atoms with van der Waals surface area (Å²) in [4.78, 5) is 23.3. The minimum atomic E-state index is -0.528. The van der Waals surface area contributed by atoms with Crippen LogP contribution in [0, 0.1) is 6.92 Å². The zero-order valence-corrected chi connectivity index (χ0v) is 13.5. The quantitative estimate of drug-likeness (QED) is 0.307. The third kappa shape index (κ3) is 3.73. The Morgan fingerprint density at radius 3 is 2.62 bits per heavy atom. The third-order valence-electron chi connectivity index (χ3n) is 3.42. The van der Waals surface area contributed by atoms with Gasteiger partial charge < -0.3 is 9.15 Å². The molecule has 3 rings (SSSR count). The lowest BCUT2D eigenvalue weighted by Gasteiger charge is -2.04. The monoisotopic (exact) mass is 340 g/mol. The van der Waals surface area contributed by atoms with Gasteiger partial charge in [-0.3, -0.25) is 0 Å². The largest absolute Gasteiger partial charge is 0.423 e. The van der Waals surface area contributed by atoms with E-state index >= 15 is 0 Å². The molecule has 1 heterocycles. The molecular weight excluding hydrogens is 328 g/mol. The van der Waals surface area contributed by atoms with E-state index in [0.717, 1.165) is 16.5 Å². The summed E-state index contributed by atoms with van der Waals surface area (Å²) in [7, 11) is 0. The van der Waals surface area contributed by atoms with Crippen LogP contribution in [0.4, 0.5) is 0 Å². The van der Waals surface area contributed by atoms with Crippen molar-refractivity contribution >= 4 is 34.6 Å². The molecule has 0 radical (unpaired) electrons. The van der Waals surface area contributed by atoms with Crippen molar-refractivity contribution in [1.82, 2.24) is 0 Å². The summed E-state index contributed by atoms with van der Waals surface area (Å²) in [5.74, 6) is -0.221. The SMILES string of the molecule is Cc1cc(=O)oc2cc(OC(=O)/C=C/c3ccc(Cl)cc3)ccc12. The van der Waals surface area contributed by atoms with E-state index in [-0.39, 0.29) is 0 Å². The molecule has 24 heavy (non-hydrogen) atoms. The molecule has 0 aliphatic rings. The van der Waals surface area contributed by atoms with Crippen LogP contribution in [0.15, 0.2) is 63.8 Å². The van der Waals surface area contributed by atoms with E-state index in [1.165, 1.54) is 18.2 Å². The predicted molar refractivity (Wildman–Crippen MR) is 93.3 cm³/mol. The van der Waals surface area contributed by atoms with Crippen molar-refractivity contribution < 1.29 is 13.9 Å². The molecule has 0 atom stereocenters. The van der Waals surface area contributed by atoms with Gasteiger partial charge in [-0.25, -0.2) is 9.59 Å². The molecule has 5 heteroatoms. The van der Waals surface area contributed by atoms with Crippen LogP contribution in [0.5, 0.6) is 5.75 Å². The van der Waals surface area contributed by atoms with Gasteiger partial charge in [0, 0.05) is 28.6 Å². The molecule has 0 saturated heterocycles. The fraction of sp³-hybridized carbons (Fsp3) is 0.0526. The van der Waals surface area contributed by atoms with Crippen molar-refractivity contribution in [2.24, 2.45) is 0 Å². The Morgan fingerprint density at radius 2 is 1.88 bits per heavy atom. The predicted octanol–water partition coefficient (Wildman–Crippen LogP) is 4.37. The Hall–Kier alpha value is -2.85. The zero-order chi connectivity index (χ0) is 17.1. The molecular formula is C19H13ClO4. The summed E-state index contributed by atoms with van der Waals surface area (Å²) in [5, 5.41) is 1.42. The Balaban J connectivity index is 1.77. The minimum Gasteiger partial charge on any atom is -0.423 e. The fourth-order valence-electron chi connectivity index (χ4n) is 2.26. The molecule has 0 unspecified atom stereocenters. The van der Waals surface area contributed by atoms with Gasteiger partial charge in [0.2, 0.25) is 0 Å². The lowest BCUT2D eigenvalue weighted by molar-refractivity contribution is -0.128. The highest BCUT2D eigenvalue weighted by Gasteiger charge is 2.06. The number of hydrogen-bond acceptors (Lipinski definition) is 4. The molecule has 0 spiro atoms. The highest BCUT2D eigenvalue weighted by Crippen LogP contribution is 2.22. The van der Waals surface area contributed by atoms with Gasteiger partial charge >= 0.3 is 11.6 Å². The van der Waals surface area contributed by atoms with Crippen LogP contribution in [-0.4, -0.2) is 5.97 Å². The van der Waals surface area contributed by atoms with Crippen LogP contribution in [0.1, 0.15) is 11.1 Å². The summed E-state index contributed by atoms with van der Waals surface area (Å²) in [6, 6.07) is 13.4. The standard InChI is InChI=1S/C19H13ClO4/c1-12-10-19(22)24-17-11-15(7-8-16(12)17)23-18(21)9-4-13-2-5-14(20)6-3-13/h2-11H,1H3/b9-4+. The first-order valence-corrected chi connectivity index (χ1v) is 7.59. The maximum Gasteiger partial charge on any atom is 0.336 e. The van der Waals surface area contributed by atoms with E-state index < -0.39 is 11.6 Å². The second kappa shape index (κ2) is 6.72. The summed E-state index contributed by atoms with van der Waals surface area (Å²) in [6.07, 6.45) is 2.95. The van der Waals surface area contributed by atoms with Gasteiger partial charge in [-0.05, 0) is 48.4 Å². The number of halogens is 1. The van der Waals surface area contributed by atoms with Gasteiger partial charge in [0.1, 0.15) is 11.3 Å². The molecule has 0 aliphatic heterocycles. The van der Waals surface area contributed by atoms with Gasteiger partial charge in [0.15, 0.2) is 0 Å². The second-order valence-corrected chi connectivity index (χ2v) is 5.65. The summed E-state index contributed by atoms with van der Waals surface area (Å²) in [6.45, 7) is 1.82. The molecule has 3 aromatic rings. The van der Waals surface area contributed by atoms with Crippen LogP contribution in [-0.2, 0) is 4.79 Å². The topological polar surface area (TPSA) is 56.5 Å². The summed E-state index contributed by atoms with van der Waals surface area (Å²) in [5.41, 5.74) is 1.58. The Bertz CT molecular complexity index is 984. The number of aryl methyl sites for hydroxylation is 1. The smallest absolute Gasteiger partial charge is 0.336 e. The molecule has 2 aromatic carbocycles. The van der Waals surface area contributed by atoms with E-state index in [2.05, 4.69) is 0 Å². The third-order valence-corrected chi connectivity index (χ3v) is 3.68. The Morgan fingerprint density at radius 1 is 1.12 bits per heavy atom. The van der Waals surface area contributed by atoms with Crippen molar-refractivity contribution in [3.63, 3.8) is 0 Å². The van der Waals surface area contributed by atoms with E-state index in [1.807, 2.05) is 6.92 Å². The second-order valence-electron chi connectivity index (χ2n) is 5.21. The fourth-order valence-corrected chi connectivity index (χ4v) is 2.38. The van der Waals surface area contributed by atoms with Crippen LogP contribution in [0.3, 0.4) is 0 Å². The number of carbonyl (C=O) groups is 1. The van der Waals surface area contributed by atoms with E-state index in [0.29, 0.717) is 16.4 Å². The molecule has 0 N–H and O–H groups in total. The lowest BCUT2D eigenvalue weighted by atomic mass is 10.1. The van der Waals surface area contributed by atoms with Gasteiger partial charge in [0.25, 0.3) is 0 Å². The van der Waals surface area contributed by atoms with Gasteiger partial charge in [-0.15, -0.1) is 0 Å². The zero-order valence-electron chi connectivity index (χ0n) is 12.8.